The number of ether oxygens (including phenoxy) is 1. The Morgan fingerprint density at radius 2 is 1.83 bits per heavy atom. The molecule has 7 heteroatoms. The third-order valence-corrected chi connectivity index (χ3v) is 5.12. The predicted molar refractivity (Wildman–Crippen MR) is 119 cm³/mol. The van der Waals surface area contributed by atoms with Crippen molar-refractivity contribution < 1.29 is 14.3 Å². The van der Waals surface area contributed by atoms with Crippen LogP contribution in [0.4, 0.5) is 0 Å². The summed E-state index contributed by atoms with van der Waals surface area (Å²) < 4.78 is 6.45. The van der Waals surface area contributed by atoms with Gasteiger partial charge in [0, 0.05) is 17.1 Å². The van der Waals surface area contributed by atoms with Gasteiger partial charge in [0.2, 0.25) is 5.91 Å². The molecule has 0 spiro atoms. The standard InChI is InChI=1S/C22H26BrClN2O3/c1-15(2)25-22(28)16(3)26(12-11-17-7-5-4-6-8-17)21(27)14-29-20-10-9-18(23)13-19(20)24/h4-10,13,15-16H,11-12,14H2,1-3H3,(H,25,28). The van der Waals surface area contributed by atoms with E-state index in [1.54, 1.807) is 30.0 Å². The first-order valence-corrected chi connectivity index (χ1v) is 10.7. The largest absolute Gasteiger partial charge is 0.482 e. The second-order valence-electron chi connectivity index (χ2n) is 7.03. The van der Waals surface area contributed by atoms with E-state index >= 15 is 0 Å². The molecular weight excluding hydrogens is 456 g/mol. The number of amides is 2. The van der Waals surface area contributed by atoms with Gasteiger partial charge in [-0.05, 0) is 51.0 Å². The Kier molecular flexibility index (Phi) is 8.99. The highest BCUT2D eigenvalue weighted by atomic mass is 79.9. The quantitative estimate of drug-likeness (QED) is 0.575. The molecule has 1 unspecified atom stereocenters. The van der Waals surface area contributed by atoms with Crippen molar-refractivity contribution in [2.45, 2.75) is 39.3 Å². The summed E-state index contributed by atoms with van der Waals surface area (Å²) in [5, 5.41) is 3.28. The van der Waals surface area contributed by atoms with Crippen LogP contribution >= 0.6 is 27.5 Å². The molecule has 0 aliphatic rings. The summed E-state index contributed by atoms with van der Waals surface area (Å²) in [4.78, 5) is 27.0. The summed E-state index contributed by atoms with van der Waals surface area (Å²) in [5.41, 5.74) is 1.10. The molecule has 0 radical (unpaired) electrons. The second kappa shape index (κ2) is 11.2. The van der Waals surface area contributed by atoms with Gasteiger partial charge in [-0.2, -0.15) is 0 Å². The van der Waals surface area contributed by atoms with Gasteiger partial charge in [-0.15, -0.1) is 0 Å². The molecule has 0 saturated carbocycles. The molecular formula is C22H26BrClN2O3. The molecule has 156 valence electrons. The summed E-state index contributed by atoms with van der Waals surface area (Å²) in [7, 11) is 0. The van der Waals surface area contributed by atoms with Crippen LogP contribution in [-0.2, 0) is 16.0 Å². The molecule has 2 aromatic carbocycles. The van der Waals surface area contributed by atoms with E-state index in [0.29, 0.717) is 23.7 Å². The highest BCUT2D eigenvalue weighted by Gasteiger charge is 2.26. The lowest BCUT2D eigenvalue weighted by molar-refractivity contribution is -0.141. The molecule has 0 saturated heterocycles. The second-order valence-corrected chi connectivity index (χ2v) is 8.35. The fourth-order valence-corrected chi connectivity index (χ4v) is 3.52. The number of rotatable bonds is 9. The van der Waals surface area contributed by atoms with Crippen LogP contribution in [0.25, 0.3) is 0 Å². The van der Waals surface area contributed by atoms with E-state index in [1.165, 1.54) is 0 Å². The summed E-state index contributed by atoms with van der Waals surface area (Å²) in [5.74, 6) is -0.0417. The van der Waals surface area contributed by atoms with Gasteiger partial charge in [0.1, 0.15) is 11.8 Å². The van der Waals surface area contributed by atoms with Crippen molar-refractivity contribution in [3.8, 4) is 5.75 Å². The minimum atomic E-state index is -0.613. The van der Waals surface area contributed by atoms with Gasteiger partial charge in [0.15, 0.2) is 6.61 Å². The van der Waals surface area contributed by atoms with Crippen molar-refractivity contribution >= 4 is 39.3 Å². The Bertz CT molecular complexity index is 830. The van der Waals surface area contributed by atoms with Crippen LogP contribution in [0.3, 0.4) is 0 Å². The summed E-state index contributed by atoms with van der Waals surface area (Å²) in [6, 6.07) is 14.4. The van der Waals surface area contributed by atoms with E-state index in [4.69, 9.17) is 16.3 Å². The first-order valence-electron chi connectivity index (χ1n) is 9.49. The first kappa shape index (κ1) is 23.2. The lowest BCUT2D eigenvalue weighted by Crippen LogP contribution is -2.51. The van der Waals surface area contributed by atoms with Gasteiger partial charge in [0.25, 0.3) is 5.91 Å². The Balaban J connectivity index is 2.09. The van der Waals surface area contributed by atoms with Crippen molar-refractivity contribution in [2.24, 2.45) is 0 Å². The minimum absolute atomic E-state index is 0.00570. The molecule has 0 aliphatic heterocycles. The monoisotopic (exact) mass is 480 g/mol. The third kappa shape index (κ3) is 7.37. The molecule has 0 aromatic heterocycles. The average Bonchev–Trinajstić information content (AvgIpc) is 2.67. The average molecular weight is 482 g/mol. The molecule has 1 atom stereocenters. The zero-order chi connectivity index (χ0) is 21.4. The van der Waals surface area contributed by atoms with Gasteiger partial charge >= 0.3 is 0 Å². The number of carbonyl (C=O) groups excluding carboxylic acids is 2. The molecule has 29 heavy (non-hydrogen) atoms. The van der Waals surface area contributed by atoms with Gasteiger partial charge in [0.05, 0.1) is 5.02 Å². The Labute approximate surface area is 185 Å². The molecule has 2 aromatic rings. The summed E-state index contributed by atoms with van der Waals surface area (Å²) >= 11 is 9.50. The Morgan fingerprint density at radius 3 is 2.45 bits per heavy atom. The Hall–Kier alpha value is -2.05. The van der Waals surface area contributed by atoms with Crippen molar-refractivity contribution in [1.29, 1.82) is 0 Å². The lowest BCUT2D eigenvalue weighted by Gasteiger charge is -2.29. The number of nitrogens with one attached hydrogen (secondary N) is 1. The predicted octanol–water partition coefficient (Wildman–Crippen LogP) is 4.47. The zero-order valence-electron chi connectivity index (χ0n) is 16.8. The molecule has 2 amide bonds. The van der Waals surface area contributed by atoms with Crippen LogP contribution in [0.1, 0.15) is 26.3 Å². The fourth-order valence-electron chi connectivity index (χ4n) is 2.79. The van der Waals surface area contributed by atoms with E-state index in [1.807, 2.05) is 44.2 Å². The third-order valence-electron chi connectivity index (χ3n) is 4.33. The molecule has 5 nitrogen and oxygen atoms in total. The van der Waals surface area contributed by atoms with Crippen LogP contribution in [0.15, 0.2) is 53.0 Å². The highest BCUT2D eigenvalue weighted by Crippen LogP contribution is 2.27. The van der Waals surface area contributed by atoms with Crippen molar-refractivity contribution in [3.05, 3.63) is 63.6 Å². The molecule has 0 heterocycles. The fraction of sp³-hybridized carbons (Fsp3) is 0.364. The highest BCUT2D eigenvalue weighted by molar-refractivity contribution is 9.10. The van der Waals surface area contributed by atoms with Crippen molar-refractivity contribution in [1.82, 2.24) is 10.2 Å². The van der Waals surface area contributed by atoms with E-state index in [0.717, 1.165) is 10.0 Å². The van der Waals surface area contributed by atoms with Crippen LogP contribution < -0.4 is 10.1 Å². The molecule has 0 aliphatic carbocycles. The van der Waals surface area contributed by atoms with Gasteiger partial charge in [-0.3, -0.25) is 9.59 Å². The SMILES string of the molecule is CC(C)NC(=O)C(C)N(CCc1ccccc1)C(=O)COc1ccc(Br)cc1Cl. The van der Waals surface area contributed by atoms with E-state index in [9.17, 15) is 9.59 Å². The van der Waals surface area contributed by atoms with Crippen LogP contribution in [0, 0.1) is 0 Å². The molecule has 1 N–H and O–H groups in total. The number of nitrogens with zero attached hydrogens (tertiary/aromatic N) is 1. The number of halogens is 2. The van der Waals surface area contributed by atoms with E-state index < -0.39 is 6.04 Å². The van der Waals surface area contributed by atoms with E-state index in [2.05, 4.69) is 21.2 Å². The number of benzene rings is 2. The van der Waals surface area contributed by atoms with Crippen molar-refractivity contribution in [2.75, 3.05) is 13.2 Å². The van der Waals surface area contributed by atoms with E-state index in [-0.39, 0.29) is 24.5 Å². The lowest BCUT2D eigenvalue weighted by atomic mass is 10.1. The minimum Gasteiger partial charge on any atom is -0.482 e. The number of carbonyl (C=O) groups is 2. The van der Waals surface area contributed by atoms with Gasteiger partial charge < -0.3 is 15.0 Å². The van der Waals surface area contributed by atoms with Gasteiger partial charge in [-0.1, -0.05) is 57.9 Å². The van der Waals surface area contributed by atoms with Crippen LogP contribution in [-0.4, -0.2) is 41.9 Å². The zero-order valence-corrected chi connectivity index (χ0v) is 19.2. The summed E-state index contributed by atoms with van der Waals surface area (Å²) in [6.07, 6.45) is 0.644. The molecule has 0 fully saturated rings. The van der Waals surface area contributed by atoms with Crippen LogP contribution in [0.2, 0.25) is 5.02 Å². The molecule has 0 bridgehead atoms. The Morgan fingerprint density at radius 1 is 1.14 bits per heavy atom. The number of hydrogen-bond acceptors (Lipinski definition) is 3. The topological polar surface area (TPSA) is 58.6 Å². The normalized spacial score (nSPS) is 11.8. The first-order chi connectivity index (χ1) is 13.8. The maximum absolute atomic E-state index is 12.9. The molecule has 2 rings (SSSR count). The van der Waals surface area contributed by atoms with Gasteiger partial charge in [-0.25, -0.2) is 0 Å². The number of hydrogen-bond donors (Lipinski definition) is 1. The summed E-state index contributed by atoms with van der Waals surface area (Å²) in [6.45, 7) is 5.72. The maximum Gasteiger partial charge on any atom is 0.261 e. The smallest absolute Gasteiger partial charge is 0.261 e. The van der Waals surface area contributed by atoms with Crippen molar-refractivity contribution in [3.63, 3.8) is 0 Å². The maximum atomic E-state index is 12.9. The van der Waals surface area contributed by atoms with Crippen LogP contribution in [0.5, 0.6) is 5.75 Å².